The quantitative estimate of drug-likeness (QED) is 0.121. The third kappa shape index (κ3) is 15.2. The van der Waals surface area contributed by atoms with Crippen LogP contribution in [-0.2, 0) is 37.9 Å². The summed E-state index contributed by atoms with van der Waals surface area (Å²) in [4.78, 5) is 22.4. The van der Waals surface area contributed by atoms with Gasteiger partial charge in [0, 0.05) is 50.6 Å². The maximum absolute atomic E-state index is 5.81. The fourth-order valence-electron chi connectivity index (χ4n) is 16.6. The number of fused-ring (bicyclic) bond motifs is 4. The molecule has 0 saturated heterocycles. The van der Waals surface area contributed by atoms with E-state index in [1.807, 2.05) is 0 Å². The van der Waals surface area contributed by atoms with Crippen molar-refractivity contribution in [2.45, 2.75) is 183 Å². The van der Waals surface area contributed by atoms with E-state index in [1.54, 1.807) is 0 Å². The number of aromatic nitrogens is 3. The highest BCUT2D eigenvalue weighted by atomic mass is 15.2. The van der Waals surface area contributed by atoms with Crippen LogP contribution >= 0.6 is 0 Å². The second kappa shape index (κ2) is 28.8. The van der Waals surface area contributed by atoms with Crippen molar-refractivity contribution in [3.8, 4) is 101 Å². The van der Waals surface area contributed by atoms with E-state index >= 15 is 0 Å². The molecule has 6 heteroatoms. The largest absolute Gasteiger partial charge is 0.311 e. The van der Waals surface area contributed by atoms with E-state index < -0.39 is 0 Å². The molecule has 0 amide bonds. The van der Waals surface area contributed by atoms with E-state index in [0.29, 0.717) is 17.5 Å². The summed E-state index contributed by atoms with van der Waals surface area (Å²) in [5, 5.41) is 0. The summed E-state index contributed by atoms with van der Waals surface area (Å²) in [7, 11) is 0. The predicted octanol–water partition coefficient (Wildman–Crippen LogP) is 28.0. The minimum atomic E-state index is -0.338. The first-order chi connectivity index (χ1) is 54.4. The zero-order valence-electron chi connectivity index (χ0n) is 71.4. The van der Waals surface area contributed by atoms with Crippen LogP contribution < -0.4 is 26.2 Å². The van der Waals surface area contributed by atoms with Crippen LogP contribution in [0, 0.1) is 0 Å². The summed E-state index contributed by atoms with van der Waals surface area (Å²) in [5.41, 5.74) is 34.0. The van der Waals surface area contributed by atoms with Crippen LogP contribution in [-0.4, -0.2) is 21.7 Å². The Balaban J connectivity index is 1.13. The fraction of sp³-hybridized carbons (Fsp3) is 0.257. The van der Waals surface area contributed by atoms with Gasteiger partial charge in [-0.05, 0) is 197 Å². The van der Waals surface area contributed by atoms with E-state index in [0.717, 1.165) is 112 Å². The molecule has 0 fully saturated rings. The molecular formula is C109H110BN5. The molecule has 0 bridgehead atoms. The van der Waals surface area contributed by atoms with Crippen molar-refractivity contribution in [3.05, 3.63) is 324 Å². The van der Waals surface area contributed by atoms with Crippen molar-refractivity contribution >= 4 is 57.2 Å². The number of benzene rings is 13. The molecule has 1 aromatic heterocycles. The monoisotopic (exact) mass is 1500 g/mol. The third-order valence-electron chi connectivity index (χ3n) is 23.7. The van der Waals surface area contributed by atoms with E-state index in [9.17, 15) is 0 Å². The molecule has 0 radical (unpaired) electrons. The summed E-state index contributed by atoms with van der Waals surface area (Å²) in [6.45, 7) is 49.1. The minimum absolute atomic E-state index is 0.117. The van der Waals surface area contributed by atoms with Crippen LogP contribution in [0.1, 0.15) is 184 Å². The van der Waals surface area contributed by atoms with E-state index in [1.165, 1.54) is 60.9 Å². The summed E-state index contributed by atoms with van der Waals surface area (Å²) in [6, 6.07) is 108. The van der Waals surface area contributed by atoms with Crippen LogP contribution in [0.5, 0.6) is 0 Å². The molecular weight excluding hydrogens is 1390 g/mol. The highest BCUT2D eigenvalue weighted by molar-refractivity contribution is 7.00. The Morgan fingerprint density at radius 1 is 0.200 bits per heavy atom. The fourth-order valence-corrected chi connectivity index (χ4v) is 16.6. The summed E-state index contributed by atoms with van der Waals surface area (Å²) in [6.07, 6.45) is 0. The topological polar surface area (TPSA) is 45.2 Å². The second-order valence-electron chi connectivity index (χ2n) is 39.5. The van der Waals surface area contributed by atoms with Gasteiger partial charge in [0.05, 0.1) is 11.4 Å². The Kier molecular flexibility index (Phi) is 19.4. The van der Waals surface area contributed by atoms with Gasteiger partial charge in [-0.15, -0.1) is 0 Å². The van der Waals surface area contributed by atoms with Gasteiger partial charge < -0.3 is 9.80 Å². The van der Waals surface area contributed by atoms with Crippen LogP contribution in [0.2, 0.25) is 0 Å². The Morgan fingerprint density at radius 2 is 0.487 bits per heavy atom. The lowest BCUT2D eigenvalue weighted by molar-refractivity contribution is 0.568. The molecule has 0 N–H and O–H groups in total. The van der Waals surface area contributed by atoms with Gasteiger partial charge in [0.25, 0.3) is 6.71 Å². The normalized spacial score (nSPS) is 13.2. The Hall–Kier alpha value is -11.5. The number of anilines is 6. The minimum Gasteiger partial charge on any atom is -0.311 e. The van der Waals surface area contributed by atoms with Gasteiger partial charge in [-0.2, -0.15) is 0 Å². The molecule has 0 aliphatic carbocycles. The van der Waals surface area contributed by atoms with Crippen LogP contribution in [0.3, 0.4) is 0 Å². The van der Waals surface area contributed by atoms with Crippen molar-refractivity contribution < 1.29 is 0 Å². The van der Waals surface area contributed by atoms with Crippen molar-refractivity contribution in [1.29, 1.82) is 0 Å². The molecule has 0 saturated carbocycles. The molecule has 2 aliphatic heterocycles. The lowest BCUT2D eigenvalue weighted by Gasteiger charge is -2.46. The van der Waals surface area contributed by atoms with Gasteiger partial charge in [0.2, 0.25) is 0 Å². The lowest BCUT2D eigenvalue weighted by Crippen LogP contribution is -2.61. The van der Waals surface area contributed by atoms with Gasteiger partial charge >= 0.3 is 0 Å². The molecule has 3 heterocycles. The van der Waals surface area contributed by atoms with Crippen LogP contribution in [0.25, 0.3) is 101 Å². The molecule has 0 unspecified atom stereocenters. The van der Waals surface area contributed by atoms with Gasteiger partial charge in [0.1, 0.15) is 0 Å². The second-order valence-corrected chi connectivity index (χ2v) is 39.5. The van der Waals surface area contributed by atoms with E-state index in [4.69, 9.17) is 15.0 Å². The smallest absolute Gasteiger partial charge is 0.252 e. The van der Waals surface area contributed by atoms with Gasteiger partial charge in [-0.1, -0.05) is 382 Å². The number of hydrogen-bond acceptors (Lipinski definition) is 5. The molecule has 14 aromatic rings. The number of rotatable bonds is 11. The number of hydrogen-bond donors (Lipinski definition) is 0. The van der Waals surface area contributed by atoms with Crippen LogP contribution in [0.15, 0.2) is 285 Å². The molecule has 0 spiro atoms. The standard InChI is InChI=1S/C109H110BN5/c1-103(2,3)81-53-77(54-82(64-81)104(4,5)6)75-47-50-91-94(60-75)114(93-52-49-74(69-37-27-22-28-38-69)59-88(93)70-39-29-23-30-40-70)96-62-80(79-57-85(107(13,14)15)66-86(58-79)108(16,17)18)63-97-98(96)110(91)92-51-48-76(78-55-83(105(7,8)9)65-84(56-78)106(10,11)12)61-95(92)115(97)99-89(71-41-31-24-32-42-71)67-87(109(19,20)21)68-90(99)102-112-100(72-43-33-25-34-44-72)111-101(113-102)73-45-35-26-36-46-73/h22-68H,1-21H3. The van der Waals surface area contributed by atoms with Crippen molar-refractivity contribution in [2.75, 3.05) is 9.80 Å². The van der Waals surface area contributed by atoms with Crippen molar-refractivity contribution in [3.63, 3.8) is 0 Å². The zero-order valence-corrected chi connectivity index (χ0v) is 71.4. The van der Waals surface area contributed by atoms with E-state index in [-0.39, 0.29) is 44.6 Å². The molecule has 16 rings (SSSR count). The number of nitrogens with zero attached hydrogens (tertiary/aromatic N) is 5. The molecule has 574 valence electrons. The third-order valence-corrected chi connectivity index (χ3v) is 23.7. The van der Waals surface area contributed by atoms with Gasteiger partial charge in [0.15, 0.2) is 17.5 Å². The first-order valence-corrected chi connectivity index (χ1v) is 41.3. The molecule has 5 nitrogen and oxygen atoms in total. The van der Waals surface area contributed by atoms with Gasteiger partial charge in [-0.25, -0.2) is 15.0 Å². The highest BCUT2D eigenvalue weighted by Gasteiger charge is 2.46. The maximum atomic E-state index is 5.81. The first kappa shape index (κ1) is 77.5. The Bertz CT molecular complexity index is 5890. The van der Waals surface area contributed by atoms with E-state index in [2.05, 4.69) is 440 Å². The van der Waals surface area contributed by atoms with Crippen molar-refractivity contribution in [1.82, 2.24) is 15.0 Å². The first-order valence-electron chi connectivity index (χ1n) is 41.3. The molecule has 0 atom stereocenters. The zero-order chi connectivity index (χ0) is 81.2. The summed E-state index contributed by atoms with van der Waals surface area (Å²) >= 11 is 0. The molecule has 115 heavy (non-hydrogen) atoms. The van der Waals surface area contributed by atoms with Crippen LogP contribution in [0.4, 0.5) is 34.1 Å². The van der Waals surface area contributed by atoms with Crippen molar-refractivity contribution in [2.24, 2.45) is 0 Å². The van der Waals surface area contributed by atoms with Gasteiger partial charge in [-0.3, -0.25) is 0 Å². The molecule has 2 aliphatic rings. The summed E-state index contributed by atoms with van der Waals surface area (Å²) < 4.78 is 0. The Morgan fingerprint density at radius 3 is 0.878 bits per heavy atom. The SMILES string of the molecule is CC(C)(C)c1cc(-c2ccc3c(c2)N(c2ccc(-c4ccccc4)cc2-c2ccccc2)c2cc(-c4cc(C(C)(C)C)cc(C(C)(C)C)c4)cc4c2B3c2ccc(-c3cc(C(C)(C)C)cc(C(C)(C)C)c3)cc2N4c2c(-c3ccccc3)cc(C(C)(C)C)cc2-c2nc(-c3ccccc3)nc(-c3ccccc3)n2)cc(C(C)(C)C)c1. The summed E-state index contributed by atoms with van der Waals surface area (Å²) in [5.74, 6) is 1.77. The average molecular weight is 1500 g/mol. The predicted molar refractivity (Wildman–Crippen MR) is 494 cm³/mol. The molecule has 13 aromatic carbocycles. The highest BCUT2D eigenvalue weighted by Crippen LogP contribution is 2.55. The lowest BCUT2D eigenvalue weighted by atomic mass is 9.33. The Labute approximate surface area is 685 Å². The maximum Gasteiger partial charge on any atom is 0.252 e. The average Bonchev–Trinajstić information content (AvgIpc) is 0.686.